The van der Waals surface area contributed by atoms with Crippen LogP contribution < -0.4 is 10.0 Å². The fourth-order valence-electron chi connectivity index (χ4n) is 0.890. The second-order valence-electron chi connectivity index (χ2n) is 2.71. The fourth-order valence-corrected chi connectivity index (χ4v) is 1.78. The third kappa shape index (κ3) is 3.33. The summed E-state index contributed by atoms with van der Waals surface area (Å²) in [4.78, 5) is 11.0. The van der Waals surface area contributed by atoms with Gasteiger partial charge in [0.25, 0.3) is 0 Å². The normalized spacial score (nSPS) is 11.3. The van der Waals surface area contributed by atoms with E-state index < -0.39 is 10.0 Å². The van der Waals surface area contributed by atoms with E-state index in [1.165, 1.54) is 12.4 Å². The maximum atomic E-state index is 11.5. The van der Waals surface area contributed by atoms with Gasteiger partial charge in [0.1, 0.15) is 4.90 Å². The van der Waals surface area contributed by atoms with Crippen LogP contribution in [0.1, 0.15) is 6.92 Å². The molecule has 0 saturated heterocycles. The van der Waals surface area contributed by atoms with Gasteiger partial charge in [0.05, 0.1) is 12.7 Å². The van der Waals surface area contributed by atoms with E-state index in [-0.39, 0.29) is 17.3 Å². The van der Waals surface area contributed by atoms with Crippen molar-refractivity contribution in [1.29, 1.82) is 0 Å². The Morgan fingerprint density at radius 1 is 1.60 bits per heavy atom. The predicted molar refractivity (Wildman–Crippen MR) is 52.5 cm³/mol. The zero-order valence-corrected chi connectivity index (χ0v) is 8.97. The Morgan fingerprint density at radius 2 is 2.33 bits per heavy atom. The lowest BCUT2D eigenvalue weighted by molar-refractivity contribution is -0.119. The minimum atomic E-state index is -3.63. The minimum absolute atomic E-state index is 0.00629. The van der Waals surface area contributed by atoms with Crippen LogP contribution in [0.3, 0.4) is 0 Å². The summed E-state index contributed by atoms with van der Waals surface area (Å²) in [5.74, 6) is -0.371. The van der Waals surface area contributed by atoms with Crippen LogP contribution in [0.2, 0.25) is 0 Å². The van der Waals surface area contributed by atoms with Gasteiger partial charge in [0.2, 0.25) is 15.9 Å². The first-order valence-corrected chi connectivity index (χ1v) is 5.79. The molecule has 15 heavy (non-hydrogen) atoms. The average Bonchev–Trinajstić information content (AvgIpc) is 2.69. The lowest BCUT2D eigenvalue weighted by Gasteiger charge is -2.04. The SMILES string of the molecule is CCNC(=O)CNS(=O)(=O)c1cn[nH]c1. The molecule has 0 aliphatic heterocycles. The molecule has 0 aliphatic rings. The van der Waals surface area contributed by atoms with Crippen LogP contribution in [-0.4, -0.2) is 37.6 Å². The number of likely N-dealkylation sites (N-methyl/N-ethyl adjacent to an activating group) is 1. The molecule has 1 aromatic heterocycles. The number of amides is 1. The van der Waals surface area contributed by atoms with Gasteiger partial charge >= 0.3 is 0 Å². The van der Waals surface area contributed by atoms with E-state index in [2.05, 4.69) is 20.2 Å². The van der Waals surface area contributed by atoms with Crippen LogP contribution in [0, 0.1) is 0 Å². The van der Waals surface area contributed by atoms with E-state index in [0.717, 1.165) is 0 Å². The largest absolute Gasteiger partial charge is 0.355 e. The van der Waals surface area contributed by atoms with Crippen LogP contribution >= 0.6 is 0 Å². The molecule has 1 amide bonds. The Balaban J connectivity index is 2.55. The predicted octanol–water partition coefficient (Wildman–Crippen LogP) is -1.18. The van der Waals surface area contributed by atoms with Crippen LogP contribution in [0.5, 0.6) is 0 Å². The third-order valence-corrected chi connectivity index (χ3v) is 2.95. The molecule has 0 bridgehead atoms. The highest BCUT2D eigenvalue weighted by Gasteiger charge is 2.15. The van der Waals surface area contributed by atoms with Gasteiger partial charge in [-0.2, -0.15) is 5.10 Å². The molecule has 0 unspecified atom stereocenters. The summed E-state index contributed by atoms with van der Waals surface area (Å²) >= 11 is 0. The molecule has 0 saturated carbocycles. The lowest BCUT2D eigenvalue weighted by atomic mass is 10.6. The van der Waals surface area contributed by atoms with Gasteiger partial charge < -0.3 is 5.32 Å². The molecule has 0 fully saturated rings. The van der Waals surface area contributed by atoms with Crippen molar-refractivity contribution in [3.63, 3.8) is 0 Å². The summed E-state index contributed by atoms with van der Waals surface area (Å²) in [5, 5.41) is 8.36. The number of rotatable bonds is 5. The van der Waals surface area contributed by atoms with Gasteiger partial charge in [-0.1, -0.05) is 0 Å². The summed E-state index contributed by atoms with van der Waals surface area (Å²) in [7, 11) is -3.63. The van der Waals surface area contributed by atoms with Crippen molar-refractivity contribution in [1.82, 2.24) is 20.2 Å². The molecule has 0 radical (unpaired) electrons. The average molecular weight is 232 g/mol. The van der Waals surface area contributed by atoms with Crippen LogP contribution in [0.25, 0.3) is 0 Å². The van der Waals surface area contributed by atoms with Crippen molar-refractivity contribution in [2.75, 3.05) is 13.1 Å². The summed E-state index contributed by atoms with van der Waals surface area (Å²) < 4.78 is 25.0. The molecular weight excluding hydrogens is 220 g/mol. The van der Waals surface area contributed by atoms with Crippen molar-refractivity contribution >= 4 is 15.9 Å². The highest BCUT2D eigenvalue weighted by Crippen LogP contribution is 2.02. The Morgan fingerprint density at radius 3 is 2.87 bits per heavy atom. The molecule has 0 spiro atoms. The monoisotopic (exact) mass is 232 g/mol. The summed E-state index contributed by atoms with van der Waals surface area (Å²) in [6, 6.07) is 0. The molecule has 1 heterocycles. The van der Waals surface area contributed by atoms with Crippen LogP contribution in [0.4, 0.5) is 0 Å². The van der Waals surface area contributed by atoms with Crippen molar-refractivity contribution in [3.8, 4) is 0 Å². The second-order valence-corrected chi connectivity index (χ2v) is 4.48. The number of aromatic amines is 1. The van der Waals surface area contributed by atoms with Gasteiger partial charge in [-0.05, 0) is 6.92 Å². The lowest BCUT2D eigenvalue weighted by Crippen LogP contribution is -2.36. The molecule has 1 rings (SSSR count). The first-order valence-electron chi connectivity index (χ1n) is 4.31. The first-order chi connectivity index (χ1) is 7.06. The number of sulfonamides is 1. The minimum Gasteiger partial charge on any atom is -0.355 e. The maximum Gasteiger partial charge on any atom is 0.244 e. The van der Waals surface area contributed by atoms with E-state index in [0.29, 0.717) is 6.54 Å². The Hall–Kier alpha value is -1.41. The third-order valence-electron chi connectivity index (χ3n) is 1.58. The van der Waals surface area contributed by atoms with Crippen molar-refractivity contribution in [2.24, 2.45) is 0 Å². The maximum absolute atomic E-state index is 11.5. The smallest absolute Gasteiger partial charge is 0.244 e. The summed E-state index contributed by atoms with van der Waals surface area (Å²) in [6.07, 6.45) is 2.40. The molecule has 7 nitrogen and oxygen atoms in total. The van der Waals surface area contributed by atoms with E-state index in [1.807, 2.05) is 0 Å². The molecule has 8 heteroatoms. The second kappa shape index (κ2) is 4.89. The number of hydrogen-bond donors (Lipinski definition) is 3. The Kier molecular flexibility index (Phi) is 3.81. The quantitative estimate of drug-likeness (QED) is 0.594. The molecule has 3 N–H and O–H groups in total. The standard InChI is InChI=1S/C7H12N4O3S/c1-2-8-7(12)5-11-15(13,14)6-3-9-10-4-6/h3-4,11H,2,5H2,1H3,(H,8,12)(H,9,10). The van der Waals surface area contributed by atoms with E-state index in [9.17, 15) is 13.2 Å². The van der Waals surface area contributed by atoms with Gasteiger partial charge in [-0.3, -0.25) is 9.89 Å². The van der Waals surface area contributed by atoms with Crippen molar-refractivity contribution in [2.45, 2.75) is 11.8 Å². The van der Waals surface area contributed by atoms with Crippen molar-refractivity contribution in [3.05, 3.63) is 12.4 Å². The Bertz CT molecular complexity index is 411. The highest BCUT2D eigenvalue weighted by atomic mass is 32.2. The molecule has 84 valence electrons. The number of nitrogens with one attached hydrogen (secondary N) is 3. The molecular formula is C7H12N4O3S. The number of nitrogens with zero attached hydrogens (tertiary/aromatic N) is 1. The number of carbonyl (C=O) groups is 1. The molecule has 0 aliphatic carbocycles. The summed E-state index contributed by atoms with van der Waals surface area (Å²) in [6.45, 7) is 1.94. The van der Waals surface area contributed by atoms with E-state index in [4.69, 9.17) is 0 Å². The summed E-state index contributed by atoms with van der Waals surface area (Å²) in [5.41, 5.74) is 0. The van der Waals surface area contributed by atoms with Gasteiger partial charge in [0.15, 0.2) is 0 Å². The number of H-pyrrole nitrogens is 1. The highest BCUT2D eigenvalue weighted by molar-refractivity contribution is 7.89. The molecule has 0 atom stereocenters. The van der Waals surface area contributed by atoms with Gasteiger partial charge in [-0.25, -0.2) is 13.1 Å². The molecule has 0 aromatic carbocycles. The van der Waals surface area contributed by atoms with Crippen LogP contribution in [-0.2, 0) is 14.8 Å². The molecule has 1 aromatic rings. The number of aromatic nitrogens is 2. The van der Waals surface area contributed by atoms with Gasteiger partial charge in [-0.15, -0.1) is 0 Å². The van der Waals surface area contributed by atoms with E-state index in [1.54, 1.807) is 6.92 Å². The fraction of sp³-hybridized carbons (Fsp3) is 0.429. The Labute approximate surface area is 87.3 Å². The zero-order chi connectivity index (χ0) is 11.3. The number of hydrogen-bond acceptors (Lipinski definition) is 4. The number of carbonyl (C=O) groups excluding carboxylic acids is 1. The van der Waals surface area contributed by atoms with Crippen LogP contribution in [0.15, 0.2) is 17.3 Å². The topological polar surface area (TPSA) is 104 Å². The first kappa shape index (κ1) is 11.7. The van der Waals surface area contributed by atoms with Crippen molar-refractivity contribution < 1.29 is 13.2 Å². The van der Waals surface area contributed by atoms with E-state index >= 15 is 0 Å². The zero-order valence-electron chi connectivity index (χ0n) is 8.15. The van der Waals surface area contributed by atoms with Gasteiger partial charge in [0, 0.05) is 12.7 Å².